The number of carbonyl (C=O) groups excluding carboxylic acids is 1. The van der Waals surface area contributed by atoms with Crippen LogP contribution in [-0.4, -0.2) is 37.6 Å². The Kier molecular flexibility index (Phi) is 4.93. The molecule has 1 heterocycles. The van der Waals surface area contributed by atoms with Gasteiger partial charge in [0.1, 0.15) is 11.9 Å². The van der Waals surface area contributed by atoms with Gasteiger partial charge < -0.3 is 14.4 Å². The number of hydrogen-bond donors (Lipinski definition) is 0. The fourth-order valence-corrected chi connectivity index (χ4v) is 2.78. The quantitative estimate of drug-likeness (QED) is 0.871. The number of carbonyl (C=O) groups is 1. The van der Waals surface area contributed by atoms with Crippen molar-refractivity contribution in [1.29, 1.82) is 0 Å². The van der Waals surface area contributed by atoms with Gasteiger partial charge in [-0.1, -0.05) is 42.5 Å². The van der Waals surface area contributed by atoms with Crippen LogP contribution in [-0.2, 0) is 16.0 Å². The molecule has 0 aliphatic carbocycles. The van der Waals surface area contributed by atoms with Gasteiger partial charge in [-0.3, -0.25) is 4.79 Å². The van der Waals surface area contributed by atoms with E-state index in [0.717, 1.165) is 16.9 Å². The van der Waals surface area contributed by atoms with Crippen LogP contribution >= 0.6 is 0 Å². The maximum atomic E-state index is 12.5. The molecule has 1 atom stereocenters. The first-order valence-corrected chi connectivity index (χ1v) is 7.83. The monoisotopic (exact) mass is 311 g/mol. The summed E-state index contributed by atoms with van der Waals surface area (Å²) < 4.78 is 11.0. The summed E-state index contributed by atoms with van der Waals surface area (Å²) in [7, 11) is 1.65. The molecule has 120 valence electrons. The number of ether oxygens (including phenoxy) is 2. The number of rotatable bonds is 4. The number of amides is 1. The highest BCUT2D eigenvalue weighted by atomic mass is 16.5. The van der Waals surface area contributed by atoms with Gasteiger partial charge >= 0.3 is 0 Å². The number of morpholine rings is 1. The highest BCUT2D eigenvalue weighted by Gasteiger charge is 2.25. The van der Waals surface area contributed by atoms with E-state index < -0.39 is 0 Å². The van der Waals surface area contributed by atoms with E-state index in [1.165, 1.54) is 0 Å². The molecule has 1 unspecified atom stereocenters. The first-order valence-electron chi connectivity index (χ1n) is 7.83. The van der Waals surface area contributed by atoms with Gasteiger partial charge in [0.05, 0.1) is 26.7 Å². The number of methoxy groups -OCH3 is 1. The highest BCUT2D eigenvalue weighted by Crippen LogP contribution is 2.24. The Morgan fingerprint density at radius 1 is 1.17 bits per heavy atom. The first-order chi connectivity index (χ1) is 11.3. The lowest BCUT2D eigenvalue weighted by Gasteiger charge is -2.33. The Balaban J connectivity index is 1.64. The van der Waals surface area contributed by atoms with Gasteiger partial charge in [0, 0.05) is 6.54 Å². The largest absolute Gasteiger partial charge is 0.497 e. The summed E-state index contributed by atoms with van der Waals surface area (Å²) in [4.78, 5) is 14.4. The molecule has 1 aliphatic heterocycles. The van der Waals surface area contributed by atoms with Crippen LogP contribution in [0.3, 0.4) is 0 Å². The average Bonchev–Trinajstić information content (AvgIpc) is 2.63. The van der Waals surface area contributed by atoms with Gasteiger partial charge in [0.15, 0.2) is 0 Å². The third-order valence-corrected chi connectivity index (χ3v) is 4.10. The molecule has 4 heteroatoms. The molecule has 4 nitrogen and oxygen atoms in total. The highest BCUT2D eigenvalue weighted by molar-refractivity contribution is 5.78. The lowest BCUT2D eigenvalue weighted by Crippen LogP contribution is -2.42. The van der Waals surface area contributed by atoms with Crippen molar-refractivity contribution in [2.24, 2.45) is 0 Å². The maximum absolute atomic E-state index is 12.5. The molecule has 2 aromatic rings. The van der Waals surface area contributed by atoms with Gasteiger partial charge in [0.25, 0.3) is 0 Å². The third kappa shape index (κ3) is 3.90. The zero-order valence-electron chi connectivity index (χ0n) is 13.3. The molecule has 1 saturated heterocycles. The van der Waals surface area contributed by atoms with Crippen LogP contribution in [0.1, 0.15) is 17.2 Å². The van der Waals surface area contributed by atoms with Crippen molar-refractivity contribution in [1.82, 2.24) is 4.90 Å². The Morgan fingerprint density at radius 2 is 1.91 bits per heavy atom. The summed E-state index contributed by atoms with van der Waals surface area (Å²) in [5.74, 6) is 0.972. The Hall–Kier alpha value is -2.33. The van der Waals surface area contributed by atoms with Gasteiger partial charge in [-0.25, -0.2) is 0 Å². The van der Waals surface area contributed by atoms with Crippen LogP contribution in [0.5, 0.6) is 5.75 Å². The van der Waals surface area contributed by atoms with Crippen LogP contribution < -0.4 is 4.74 Å². The smallest absolute Gasteiger partial charge is 0.227 e. The van der Waals surface area contributed by atoms with Gasteiger partial charge in [-0.2, -0.15) is 0 Å². The summed E-state index contributed by atoms with van der Waals surface area (Å²) in [6, 6.07) is 17.7. The summed E-state index contributed by atoms with van der Waals surface area (Å²) in [6.45, 7) is 1.81. The maximum Gasteiger partial charge on any atom is 0.227 e. The molecular formula is C19H21NO3. The predicted molar refractivity (Wildman–Crippen MR) is 88.4 cm³/mol. The van der Waals surface area contributed by atoms with Crippen molar-refractivity contribution in [2.75, 3.05) is 26.8 Å². The molecule has 2 aromatic carbocycles. The molecule has 0 spiro atoms. The molecule has 0 saturated carbocycles. The van der Waals surface area contributed by atoms with Crippen LogP contribution in [0.4, 0.5) is 0 Å². The fourth-order valence-electron chi connectivity index (χ4n) is 2.78. The minimum Gasteiger partial charge on any atom is -0.497 e. The van der Waals surface area contributed by atoms with Gasteiger partial charge in [0.2, 0.25) is 5.91 Å². The SMILES string of the molecule is COc1ccc(C2CN(C(=O)Cc3ccccc3)CCO2)cc1. The van der Waals surface area contributed by atoms with E-state index in [1.807, 2.05) is 59.5 Å². The second kappa shape index (κ2) is 7.29. The summed E-state index contributed by atoms with van der Waals surface area (Å²) in [5, 5.41) is 0. The Morgan fingerprint density at radius 3 is 2.61 bits per heavy atom. The normalized spacial score (nSPS) is 17.8. The van der Waals surface area contributed by atoms with Crippen molar-refractivity contribution < 1.29 is 14.3 Å². The van der Waals surface area contributed by atoms with Crippen LogP contribution in [0, 0.1) is 0 Å². The van der Waals surface area contributed by atoms with E-state index in [4.69, 9.17) is 9.47 Å². The molecule has 1 amide bonds. The number of hydrogen-bond acceptors (Lipinski definition) is 3. The molecule has 1 fully saturated rings. The number of nitrogens with zero attached hydrogens (tertiary/aromatic N) is 1. The summed E-state index contributed by atoms with van der Waals surface area (Å²) >= 11 is 0. The second-order valence-electron chi connectivity index (χ2n) is 5.63. The lowest BCUT2D eigenvalue weighted by molar-refractivity contribution is -0.138. The van der Waals surface area contributed by atoms with Gasteiger partial charge in [-0.15, -0.1) is 0 Å². The molecular weight excluding hydrogens is 290 g/mol. The molecule has 3 rings (SSSR count). The predicted octanol–water partition coefficient (Wildman–Crippen LogP) is 2.84. The minimum atomic E-state index is -0.0746. The van der Waals surface area contributed by atoms with E-state index in [-0.39, 0.29) is 12.0 Å². The van der Waals surface area contributed by atoms with Crippen molar-refractivity contribution in [3.05, 3.63) is 65.7 Å². The third-order valence-electron chi connectivity index (χ3n) is 4.10. The molecule has 0 aromatic heterocycles. The topological polar surface area (TPSA) is 38.8 Å². The Labute approximate surface area is 136 Å². The molecule has 1 aliphatic rings. The average molecular weight is 311 g/mol. The Bertz CT molecular complexity index is 639. The van der Waals surface area contributed by atoms with Gasteiger partial charge in [-0.05, 0) is 23.3 Å². The molecule has 0 N–H and O–H groups in total. The standard InChI is InChI=1S/C19H21NO3/c1-22-17-9-7-16(8-10-17)18-14-20(11-12-23-18)19(21)13-15-5-3-2-4-6-15/h2-10,18H,11-14H2,1H3. The van der Waals surface area contributed by atoms with Crippen molar-refractivity contribution in [2.45, 2.75) is 12.5 Å². The van der Waals surface area contributed by atoms with E-state index in [1.54, 1.807) is 7.11 Å². The lowest BCUT2D eigenvalue weighted by atomic mass is 10.1. The van der Waals surface area contributed by atoms with E-state index in [2.05, 4.69) is 0 Å². The van der Waals surface area contributed by atoms with Crippen LogP contribution in [0.2, 0.25) is 0 Å². The van der Waals surface area contributed by atoms with Crippen LogP contribution in [0.15, 0.2) is 54.6 Å². The number of benzene rings is 2. The van der Waals surface area contributed by atoms with Crippen molar-refractivity contribution in [3.63, 3.8) is 0 Å². The van der Waals surface area contributed by atoms with E-state index in [9.17, 15) is 4.79 Å². The summed E-state index contributed by atoms with van der Waals surface area (Å²) in [5.41, 5.74) is 2.12. The first kappa shape index (κ1) is 15.6. The molecule has 23 heavy (non-hydrogen) atoms. The zero-order valence-corrected chi connectivity index (χ0v) is 13.3. The van der Waals surface area contributed by atoms with Crippen molar-refractivity contribution in [3.8, 4) is 5.75 Å². The molecule has 0 radical (unpaired) electrons. The summed E-state index contributed by atoms with van der Waals surface area (Å²) in [6.07, 6.45) is 0.366. The van der Waals surface area contributed by atoms with E-state index in [0.29, 0.717) is 26.1 Å². The van der Waals surface area contributed by atoms with E-state index >= 15 is 0 Å². The second-order valence-corrected chi connectivity index (χ2v) is 5.63. The minimum absolute atomic E-state index is 0.0746. The van der Waals surface area contributed by atoms with Crippen molar-refractivity contribution >= 4 is 5.91 Å². The van der Waals surface area contributed by atoms with Crippen LogP contribution in [0.25, 0.3) is 0 Å². The fraction of sp³-hybridized carbons (Fsp3) is 0.316. The zero-order chi connectivity index (χ0) is 16.1. The molecule has 0 bridgehead atoms.